The van der Waals surface area contributed by atoms with Crippen molar-refractivity contribution in [2.24, 2.45) is 0 Å². The van der Waals surface area contributed by atoms with Crippen LogP contribution < -0.4 is 5.73 Å². The summed E-state index contributed by atoms with van der Waals surface area (Å²) in [5.74, 6) is 0. The smallest absolute Gasteiger partial charge is 0.104 e. The van der Waals surface area contributed by atoms with E-state index in [4.69, 9.17) is 5.73 Å². The van der Waals surface area contributed by atoms with Gasteiger partial charge in [-0.15, -0.1) is 23.7 Å². The molecule has 0 unspecified atom stereocenters. The number of hydrogen-bond donors (Lipinski definition) is 1. The number of anilines is 1. The van der Waals surface area contributed by atoms with Gasteiger partial charge in [-0.05, 0) is 19.1 Å². The van der Waals surface area contributed by atoms with Crippen LogP contribution in [0.2, 0.25) is 0 Å². The third-order valence-corrected chi connectivity index (χ3v) is 2.49. The van der Waals surface area contributed by atoms with Gasteiger partial charge in [-0.1, -0.05) is 6.07 Å². The van der Waals surface area contributed by atoms with E-state index in [1.807, 2.05) is 25.1 Å². The van der Waals surface area contributed by atoms with Crippen molar-refractivity contribution < 1.29 is 0 Å². The number of nitrogens with two attached hydrogens (primary N) is 1. The summed E-state index contributed by atoms with van der Waals surface area (Å²) >= 11 is 1.68. The molecule has 0 saturated carbocycles. The number of nitrogen functional groups attached to an aromatic ring is 1. The van der Waals surface area contributed by atoms with Crippen molar-refractivity contribution in [1.29, 1.82) is 0 Å². The van der Waals surface area contributed by atoms with E-state index in [0.29, 0.717) is 0 Å². The van der Waals surface area contributed by atoms with Crippen LogP contribution >= 0.6 is 23.7 Å². The first-order valence-corrected chi connectivity index (χ1v) is 4.20. The normalized spacial score (nSPS) is 9.75. The fourth-order valence-corrected chi connectivity index (χ4v) is 1.94. The molecule has 0 aliphatic rings. The van der Waals surface area contributed by atoms with Gasteiger partial charge in [-0.3, -0.25) is 0 Å². The van der Waals surface area contributed by atoms with Crippen molar-refractivity contribution in [1.82, 2.24) is 4.98 Å². The van der Waals surface area contributed by atoms with Crippen LogP contribution in [0.5, 0.6) is 0 Å². The molecule has 2 aromatic rings. The van der Waals surface area contributed by atoms with E-state index in [-0.39, 0.29) is 12.4 Å². The van der Waals surface area contributed by atoms with Crippen LogP contribution in [0.25, 0.3) is 10.2 Å². The summed E-state index contributed by atoms with van der Waals surface area (Å²) in [6.07, 6.45) is 0. The zero-order chi connectivity index (χ0) is 7.84. The molecule has 0 atom stereocenters. The second-order valence-corrected chi connectivity index (χ2v) is 3.66. The second kappa shape index (κ2) is 3.29. The summed E-state index contributed by atoms with van der Waals surface area (Å²) in [6.45, 7) is 1.99. The summed E-state index contributed by atoms with van der Waals surface area (Å²) in [7, 11) is 0. The van der Waals surface area contributed by atoms with Crippen LogP contribution in [-0.4, -0.2) is 4.98 Å². The maximum atomic E-state index is 5.71. The molecule has 0 aliphatic carbocycles. The molecule has 0 amide bonds. The highest BCUT2D eigenvalue weighted by molar-refractivity contribution is 7.18. The van der Waals surface area contributed by atoms with Gasteiger partial charge in [0.15, 0.2) is 0 Å². The predicted octanol–water partition coefficient (Wildman–Crippen LogP) is 2.61. The fraction of sp³-hybridized carbons (Fsp3) is 0.125. The van der Waals surface area contributed by atoms with Crippen LogP contribution in [0, 0.1) is 6.92 Å². The van der Waals surface area contributed by atoms with E-state index in [1.54, 1.807) is 11.3 Å². The number of para-hydroxylation sites is 1. The van der Waals surface area contributed by atoms with E-state index in [9.17, 15) is 0 Å². The summed E-state index contributed by atoms with van der Waals surface area (Å²) < 4.78 is 1.17. The maximum absolute atomic E-state index is 5.71. The van der Waals surface area contributed by atoms with Gasteiger partial charge in [0.25, 0.3) is 0 Å². The van der Waals surface area contributed by atoms with Crippen LogP contribution in [-0.2, 0) is 0 Å². The topological polar surface area (TPSA) is 38.9 Å². The highest BCUT2D eigenvalue weighted by Crippen LogP contribution is 2.25. The van der Waals surface area contributed by atoms with Gasteiger partial charge in [0.1, 0.15) is 5.52 Å². The number of aromatic nitrogens is 1. The van der Waals surface area contributed by atoms with Gasteiger partial charge in [-0.2, -0.15) is 0 Å². The molecule has 0 radical (unpaired) electrons. The zero-order valence-electron chi connectivity index (χ0n) is 6.57. The van der Waals surface area contributed by atoms with Crippen LogP contribution in [0.3, 0.4) is 0 Å². The number of fused-ring (bicyclic) bond motifs is 1. The highest BCUT2D eigenvalue weighted by Gasteiger charge is 2.01. The molecule has 2 N–H and O–H groups in total. The van der Waals surface area contributed by atoms with E-state index >= 15 is 0 Å². The Morgan fingerprint density at radius 2 is 2.17 bits per heavy atom. The Hall–Kier alpha value is -0.800. The molecule has 0 aliphatic heterocycles. The molecule has 0 saturated heterocycles. The number of benzene rings is 1. The third-order valence-electron chi connectivity index (χ3n) is 1.56. The molecule has 0 spiro atoms. The minimum absolute atomic E-state index is 0. The number of nitrogens with zero attached hydrogens (tertiary/aromatic N) is 1. The summed E-state index contributed by atoms with van der Waals surface area (Å²) in [6, 6.07) is 5.87. The summed E-state index contributed by atoms with van der Waals surface area (Å²) in [4.78, 5) is 4.31. The average molecular weight is 201 g/mol. The van der Waals surface area contributed by atoms with E-state index in [1.165, 1.54) is 4.70 Å². The lowest BCUT2D eigenvalue weighted by molar-refractivity contribution is 1.35. The molecule has 1 heterocycles. The molecule has 12 heavy (non-hydrogen) atoms. The lowest BCUT2D eigenvalue weighted by Gasteiger charge is -1.90. The van der Waals surface area contributed by atoms with Gasteiger partial charge in [0.05, 0.1) is 15.4 Å². The number of halogens is 1. The molecule has 0 fully saturated rings. The Kier molecular flexibility index (Phi) is 2.55. The van der Waals surface area contributed by atoms with Crippen LogP contribution in [0.4, 0.5) is 5.69 Å². The van der Waals surface area contributed by atoms with Crippen molar-refractivity contribution in [2.45, 2.75) is 6.92 Å². The van der Waals surface area contributed by atoms with Crippen molar-refractivity contribution in [3.8, 4) is 0 Å². The molecule has 2 nitrogen and oxygen atoms in total. The van der Waals surface area contributed by atoms with Crippen molar-refractivity contribution in [2.75, 3.05) is 5.73 Å². The number of rotatable bonds is 0. The minimum Gasteiger partial charge on any atom is -0.397 e. The van der Waals surface area contributed by atoms with E-state index in [0.717, 1.165) is 16.2 Å². The maximum Gasteiger partial charge on any atom is 0.104 e. The van der Waals surface area contributed by atoms with Gasteiger partial charge >= 0.3 is 0 Å². The molecule has 1 aromatic carbocycles. The molecule has 4 heteroatoms. The quantitative estimate of drug-likeness (QED) is 0.664. The zero-order valence-corrected chi connectivity index (χ0v) is 8.21. The lowest BCUT2D eigenvalue weighted by Crippen LogP contribution is -1.84. The van der Waals surface area contributed by atoms with Crippen molar-refractivity contribution in [3.63, 3.8) is 0 Å². The monoisotopic (exact) mass is 200 g/mol. The Labute approximate surface area is 80.8 Å². The molecule has 0 bridgehead atoms. The second-order valence-electron chi connectivity index (χ2n) is 2.43. The predicted molar refractivity (Wildman–Crippen MR) is 56.0 cm³/mol. The molecular weight excluding hydrogens is 192 g/mol. The highest BCUT2D eigenvalue weighted by atomic mass is 35.5. The number of aryl methyl sites for hydroxylation is 1. The first-order chi connectivity index (χ1) is 5.27. The minimum atomic E-state index is 0. The Balaban J connectivity index is 0.000000720. The first kappa shape index (κ1) is 9.29. The first-order valence-electron chi connectivity index (χ1n) is 3.39. The van der Waals surface area contributed by atoms with Crippen molar-refractivity contribution >= 4 is 39.6 Å². The largest absolute Gasteiger partial charge is 0.397 e. The average Bonchev–Trinajstić information content (AvgIpc) is 2.31. The van der Waals surface area contributed by atoms with E-state index < -0.39 is 0 Å². The van der Waals surface area contributed by atoms with E-state index in [2.05, 4.69) is 4.98 Å². The Morgan fingerprint density at radius 1 is 1.42 bits per heavy atom. The molecule has 2 rings (SSSR count). The molecular formula is C8H9ClN2S. The Morgan fingerprint density at radius 3 is 2.83 bits per heavy atom. The van der Waals surface area contributed by atoms with Gasteiger partial charge < -0.3 is 5.73 Å². The lowest BCUT2D eigenvalue weighted by atomic mass is 10.3. The fourth-order valence-electron chi connectivity index (χ4n) is 1.08. The number of thiazole rings is 1. The van der Waals surface area contributed by atoms with Crippen molar-refractivity contribution in [3.05, 3.63) is 23.2 Å². The SMILES string of the molecule is Cc1nc2c(N)cccc2s1.Cl. The standard InChI is InChI=1S/C8H8N2S.ClH/c1-5-10-8-6(9)3-2-4-7(8)11-5;/h2-4H,9H2,1H3;1H. The molecule has 1 aromatic heterocycles. The number of hydrogen-bond acceptors (Lipinski definition) is 3. The van der Waals surface area contributed by atoms with Crippen LogP contribution in [0.15, 0.2) is 18.2 Å². The van der Waals surface area contributed by atoms with Gasteiger partial charge in [-0.25, -0.2) is 4.98 Å². The summed E-state index contributed by atoms with van der Waals surface area (Å²) in [5, 5.41) is 1.07. The summed E-state index contributed by atoms with van der Waals surface area (Å²) in [5.41, 5.74) is 7.42. The van der Waals surface area contributed by atoms with Gasteiger partial charge in [0, 0.05) is 0 Å². The third kappa shape index (κ3) is 1.38. The Bertz CT molecular complexity index is 397. The molecule has 64 valence electrons. The van der Waals surface area contributed by atoms with Gasteiger partial charge in [0.2, 0.25) is 0 Å². The van der Waals surface area contributed by atoms with Crippen LogP contribution in [0.1, 0.15) is 5.01 Å².